The molecule has 0 bridgehead atoms. The largest absolute Gasteiger partial charge is 0.459 e. The number of hydrogen-bond acceptors (Lipinski definition) is 4. The highest BCUT2D eigenvalue weighted by Crippen LogP contribution is 2.18. The summed E-state index contributed by atoms with van der Waals surface area (Å²) in [5.74, 6) is 1.50. The van der Waals surface area contributed by atoms with E-state index in [0.29, 0.717) is 31.8 Å². The zero-order valence-electron chi connectivity index (χ0n) is 18.0. The lowest BCUT2D eigenvalue weighted by atomic mass is 10.1. The summed E-state index contributed by atoms with van der Waals surface area (Å²) in [7, 11) is 0. The summed E-state index contributed by atoms with van der Waals surface area (Å²) in [6.45, 7) is 9.33. The van der Waals surface area contributed by atoms with Gasteiger partial charge in [0.25, 0.3) is 5.91 Å². The minimum Gasteiger partial charge on any atom is -0.459 e. The van der Waals surface area contributed by atoms with Crippen LogP contribution in [-0.4, -0.2) is 84.3 Å². The van der Waals surface area contributed by atoms with E-state index in [-0.39, 0.29) is 41.8 Å². The van der Waals surface area contributed by atoms with E-state index in [1.165, 1.54) is 6.26 Å². The quantitative estimate of drug-likeness (QED) is 0.332. The molecule has 0 saturated carbocycles. The maximum absolute atomic E-state index is 12.4. The third-order valence-electron chi connectivity index (χ3n) is 5.68. The van der Waals surface area contributed by atoms with Gasteiger partial charge in [-0.15, -0.1) is 24.0 Å². The highest BCUT2D eigenvalue weighted by Gasteiger charge is 2.27. The fraction of sp³-hybridized carbons (Fsp3) is 0.667. The highest BCUT2D eigenvalue weighted by molar-refractivity contribution is 14.0. The predicted molar refractivity (Wildman–Crippen MR) is 127 cm³/mol. The molecule has 0 spiro atoms. The number of nitrogens with one attached hydrogen (secondary N) is 1. The van der Waals surface area contributed by atoms with Crippen LogP contribution in [0, 0.1) is 0 Å². The van der Waals surface area contributed by atoms with Crippen molar-refractivity contribution in [2.24, 2.45) is 4.99 Å². The molecule has 2 amide bonds. The molecule has 168 valence electrons. The molecule has 1 unspecified atom stereocenters. The average Bonchev–Trinajstić information content (AvgIpc) is 3.42. The van der Waals surface area contributed by atoms with Gasteiger partial charge in [-0.1, -0.05) is 6.92 Å². The Morgan fingerprint density at radius 1 is 1.20 bits per heavy atom. The molecule has 8 nitrogen and oxygen atoms in total. The molecular formula is C21H34IN5O3. The second kappa shape index (κ2) is 12.2. The smallest absolute Gasteiger partial charge is 0.289 e. The summed E-state index contributed by atoms with van der Waals surface area (Å²) in [6, 6.07) is 3.72. The van der Waals surface area contributed by atoms with Crippen molar-refractivity contribution in [3.8, 4) is 0 Å². The Morgan fingerprint density at radius 2 is 1.93 bits per heavy atom. The van der Waals surface area contributed by atoms with Crippen molar-refractivity contribution in [1.29, 1.82) is 0 Å². The fourth-order valence-corrected chi connectivity index (χ4v) is 4.06. The number of furan rings is 1. The number of halogens is 1. The summed E-state index contributed by atoms with van der Waals surface area (Å²) in [6.07, 6.45) is 5.03. The topological polar surface area (TPSA) is 81.4 Å². The zero-order valence-corrected chi connectivity index (χ0v) is 20.3. The van der Waals surface area contributed by atoms with E-state index in [4.69, 9.17) is 9.41 Å². The van der Waals surface area contributed by atoms with Crippen LogP contribution in [0.15, 0.2) is 27.8 Å². The van der Waals surface area contributed by atoms with Crippen LogP contribution in [0.3, 0.4) is 0 Å². The monoisotopic (exact) mass is 531 g/mol. The Morgan fingerprint density at radius 3 is 2.50 bits per heavy atom. The van der Waals surface area contributed by atoms with Crippen molar-refractivity contribution in [1.82, 2.24) is 20.0 Å². The molecule has 2 fully saturated rings. The van der Waals surface area contributed by atoms with E-state index in [9.17, 15) is 9.59 Å². The molecule has 1 N–H and O–H groups in total. The van der Waals surface area contributed by atoms with Gasteiger partial charge in [0.05, 0.1) is 6.26 Å². The lowest BCUT2D eigenvalue weighted by molar-refractivity contribution is -0.129. The molecule has 1 aromatic heterocycles. The number of rotatable bonds is 7. The normalized spacial score (nSPS) is 18.4. The summed E-state index contributed by atoms with van der Waals surface area (Å²) in [5.41, 5.74) is 0. The molecule has 0 aromatic carbocycles. The van der Waals surface area contributed by atoms with E-state index < -0.39 is 0 Å². The van der Waals surface area contributed by atoms with E-state index in [1.54, 1.807) is 12.1 Å². The van der Waals surface area contributed by atoms with Gasteiger partial charge in [-0.05, 0) is 38.3 Å². The van der Waals surface area contributed by atoms with Gasteiger partial charge < -0.3 is 24.4 Å². The number of piperazine rings is 1. The Kier molecular flexibility index (Phi) is 9.93. The zero-order chi connectivity index (χ0) is 20.6. The van der Waals surface area contributed by atoms with Gasteiger partial charge >= 0.3 is 0 Å². The van der Waals surface area contributed by atoms with Crippen LogP contribution in [0.25, 0.3) is 0 Å². The van der Waals surface area contributed by atoms with E-state index >= 15 is 0 Å². The van der Waals surface area contributed by atoms with E-state index in [1.807, 2.05) is 9.80 Å². The standard InChI is InChI=1S/C21H33N5O3.HI/c1-3-17(26-11-5-8-19(26)27)9-10-23-21(22-4-2)25-14-12-24(13-15-25)20(28)18-7-6-16-29-18;/h6-7,16-17H,3-5,8-15H2,1-2H3,(H,22,23);1H. The van der Waals surface area contributed by atoms with Crippen LogP contribution >= 0.6 is 24.0 Å². The van der Waals surface area contributed by atoms with Gasteiger partial charge in [-0.3, -0.25) is 14.6 Å². The van der Waals surface area contributed by atoms with Gasteiger partial charge in [0.1, 0.15) is 0 Å². The number of aliphatic imine (C=N–C) groups is 1. The number of guanidine groups is 1. The minimum absolute atomic E-state index is 0. The Balaban J connectivity index is 0.00000320. The first-order chi connectivity index (χ1) is 14.1. The Bertz CT molecular complexity index is 702. The number of carbonyl (C=O) groups is 2. The van der Waals surface area contributed by atoms with Gasteiger partial charge in [-0.2, -0.15) is 0 Å². The van der Waals surface area contributed by atoms with Gasteiger partial charge in [0.15, 0.2) is 11.7 Å². The van der Waals surface area contributed by atoms with Crippen LogP contribution in [0.5, 0.6) is 0 Å². The summed E-state index contributed by atoms with van der Waals surface area (Å²) < 4.78 is 5.23. The van der Waals surface area contributed by atoms with Crippen molar-refractivity contribution < 1.29 is 14.0 Å². The van der Waals surface area contributed by atoms with Crippen LogP contribution in [0.1, 0.15) is 50.1 Å². The van der Waals surface area contributed by atoms with Crippen molar-refractivity contribution in [2.75, 3.05) is 45.8 Å². The Labute approximate surface area is 196 Å². The van der Waals surface area contributed by atoms with Gasteiger partial charge in [-0.25, -0.2) is 0 Å². The molecule has 2 aliphatic heterocycles. The number of likely N-dealkylation sites (tertiary alicyclic amines) is 1. The van der Waals surface area contributed by atoms with Crippen molar-refractivity contribution in [2.45, 2.75) is 45.6 Å². The minimum atomic E-state index is -0.0577. The first-order valence-corrected chi connectivity index (χ1v) is 10.8. The lowest BCUT2D eigenvalue weighted by Gasteiger charge is -2.36. The number of nitrogens with zero attached hydrogens (tertiary/aromatic N) is 4. The maximum atomic E-state index is 12.4. The molecule has 9 heteroatoms. The second-order valence-electron chi connectivity index (χ2n) is 7.53. The predicted octanol–water partition coefficient (Wildman–Crippen LogP) is 2.41. The van der Waals surface area contributed by atoms with E-state index in [0.717, 1.165) is 51.4 Å². The SMILES string of the molecule is CCNC(=NCCC(CC)N1CCCC1=O)N1CCN(C(=O)c2ccco2)CC1.I. The third kappa shape index (κ3) is 6.12. The first kappa shape index (κ1) is 24.5. The molecule has 3 heterocycles. The van der Waals surface area contributed by atoms with Crippen LogP contribution in [-0.2, 0) is 4.79 Å². The number of amides is 2. The molecule has 1 atom stereocenters. The summed E-state index contributed by atoms with van der Waals surface area (Å²) >= 11 is 0. The van der Waals surface area contributed by atoms with Crippen LogP contribution in [0.2, 0.25) is 0 Å². The van der Waals surface area contributed by atoms with E-state index in [2.05, 4.69) is 24.1 Å². The molecule has 3 rings (SSSR count). The average molecular weight is 531 g/mol. The maximum Gasteiger partial charge on any atom is 0.289 e. The molecule has 2 saturated heterocycles. The Hall–Kier alpha value is -1.78. The van der Waals surface area contributed by atoms with Crippen LogP contribution < -0.4 is 5.32 Å². The fourth-order valence-electron chi connectivity index (χ4n) is 4.06. The molecule has 0 aliphatic carbocycles. The molecular weight excluding hydrogens is 497 g/mol. The number of carbonyl (C=O) groups excluding carboxylic acids is 2. The van der Waals surface area contributed by atoms with Crippen LogP contribution in [0.4, 0.5) is 0 Å². The van der Waals surface area contributed by atoms with Gasteiger partial charge in [0, 0.05) is 58.3 Å². The molecule has 0 radical (unpaired) electrons. The third-order valence-corrected chi connectivity index (χ3v) is 5.68. The van der Waals surface area contributed by atoms with Crippen molar-refractivity contribution in [3.05, 3.63) is 24.2 Å². The number of hydrogen-bond donors (Lipinski definition) is 1. The second-order valence-corrected chi connectivity index (χ2v) is 7.53. The first-order valence-electron chi connectivity index (χ1n) is 10.8. The van der Waals surface area contributed by atoms with Gasteiger partial charge in [0.2, 0.25) is 5.91 Å². The lowest BCUT2D eigenvalue weighted by Crippen LogP contribution is -2.53. The summed E-state index contributed by atoms with van der Waals surface area (Å²) in [4.78, 5) is 35.3. The van der Waals surface area contributed by atoms with Crippen molar-refractivity contribution >= 4 is 41.8 Å². The highest BCUT2D eigenvalue weighted by atomic mass is 127. The molecule has 1 aromatic rings. The summed E-state index contributed by atoms with van der Waals surface area (Å²) in [5, 5.41) is 3.37. The molecule has 30 heavy (non-hydrogen) atoms. The molecule has 2 aliphatic rings. The van der Waals surface area contributed by atoms with Crippen molar-refractivity contribution in [3.63, 3.8) is 0 Å².